The zero-order chi connectivity index (χ0) is 13.8. The van der Waals surface area contributed by atoms with Crippen LogP contribution in [0.15, 0.2) is 36.5 Å². The zero-order valence-electron chi connectivity index (χ0n) is 10.9. The van der Waals surface area contributed by atoms with E-state index in [9.17, 15) is 4.79 Å². The third kappa shape index (κ3) is 3.35. The number of aromatic nitrogens is 2. The van der Waals surface area contributed by atoms with Crippen molar-refractivity contribution >= 4 is 23.3 Å². The van der Waals surface area contributed by atoms with Crippen molar-refractivity contribution in [3.8, 4) is 0 Å². The summed E-state index contributed by atoms with van der Waals surface area (Å²) < 4.78 is 1.78. The summed E-state index contributed by atoms with van der Waals surface area (Å²) in [4.78, 5) is 12.1. The molecule has 0 atom stereocenters. The fourth-order valence-electron chi connectivity index (χ4n) is 1.76. The molecule has 0 aliphatic carbocycles. The third-order valence-corrected chi connectivity index (χ3v) is 2.94. The van der Waals surface area contributed by atoms with Crippen LogP contribution in [-0.4, -0.2) is 15.7 Å². The van der Waals surface area contributed by atoms with E-state index in [0.717, 1.165) is 6.54 Å². The molecule has 5 heteroatoms. The second kappa shape index (κ2) is 5.89. The van der Waals surface area contributed by atoms with Gasteiger partial charge in [-0.1, -0.05) is 37.6 Å². The van der Waals surface area contributed by atoms with Crippen LogP contribution in [0.3, 0.4) is 0 Å². The van der Waals surface area contributed by atoms with Gasteiger partial charge in [-0.25, -0.2) is 4.68 Å². The van der Waals surface area contributed by atoms with Crippen LogP contribution in [0.25, 0.3) is 0 Å². The minimum atomic E-state index is -0.226. The van der Waals surface area contributed by atoms with Crippen molar-refractivity contribution in [2.45, 2.75) is 20.4 Å². The van der Waals surface area contributed by atoms with Gasteiger partial charge in [0.1, 0.15) is 5.82 Å². The Morgan fingerprint density at radius 3 is 2.79 bits per heavy atom. The second-order valence-corrected chi connectivity index (χ2v) is 5.13. The lowest BCUT2D eigenvalue weighted by Gasteiger charge is -2.11. The summed E-state index contributed by atoms with van der Waals surface area (Å²) in [5, 5.41) is 7.46. The highest BCUT2D eigenvalue weighted by atomic mass is 35.5. The van der Waals surface area contributed by atoms with Crippen LogP contribution >= 0.6 is 11.6 Å². The average molecular weight is 278 g/mol. The summed E-state index contributed by atoms with van der Waals surface area (Å²) in [7, 11) is 0. The maximum absolute atomic E-state index is 12.1. The Hall–Kier alpha value is -1.81. The van der Waals surface area contributed by atoms with E-state index >= 15 is 0 Å². The number of nitrogens with one attached hydrogen (secondary N) is 1. The topological polar surface area (TPSA) is 46.9 Å². The first kappa shape index (κ1) is 13.6. The van der Waals surface area contributed by atoms with Crippen LogP contribution in [0.1, 0.15) is 24.2 Å². The molecule has 2 aromatic rings. The van der Waals surface area contributed by atoms with Gasteiger partial charge in [0, 0.05) is 12.6 Å². The largest absolute Gasteiger partial charge is 0.307 e. The number of halogens is 1. The van der Waals surface area contributed by atoms with Gasteiger partial charge < -0.3 is 5.32 Å². The van der Waals surface area contributed by atoms with Crippen molar-refractivity contribution in [3.05, 3.63) is 47.1 Å². The average Bonchev–Trinajstić information content (AvgIpc) is 2.76. The van der Waals surface area contributed by atoms with Gasteiger partial charge in [-0.15, -0.1) is 0 Å². The van der Waals surface area contributed by atoms with Gasteiger partial charge in [0.05, 0.1) is 16.8 Å². The van der Waals surface area contributed by atoms with Gasteiger partial charge in [-0.2, -0.15) is 5.10 Å². The monoisotopic (exact) mass is 277 g/mol. The molecule has 1 amide bonds. The smallest absolute Gasteiger partial charge is 0.258 e. The molecule has 0 radical (unpaired) electrons. The Balaban J connectivity index is 2.16. The number of rotatable bonds is 4. The molecule has 0 saturated heterocycles. The summed E-state index contributed by atoms with van der Waals surface area (Å²) in [6, 6.07) is 8.74. The van der Waals surface area contributed by atoms with Gasteiger partial charge in [-0.3, -0.25) is 4.79 Å². The highest BCUT2D eigenvalue weighted by Gasteiger charge is 2.12. The van der Waals surface area contributed by atoms with Gasteiger partial charge in [-0.05, 0) is 18.1 Å². The third-order valence-electron chi connectivity index (χ3n) is 2.61. The predicted octanol–water partition coefficient (Wildman–Crippen LogP) is 3.44. The lowest BCUT2D eigenvalue weighted by atomic mass is 10.2. The highest BCUT2D eigenvalue weighted by Crippen LogP contribution is 2.17. The van der Waals surface area contributed by atoms with Crippen molar-refractivity contribution in [1.29, 1.82) is 0 Å². The highest BCUT2D eigenvalue weighted by molar-refractivity contribution is 6.34. The lowest BCUT2D eigenvalue weighted by Crippen LogP contribution is -2.17. The van der Waals surface area contributed by atoms with Crippen LogP contribution in [0.4, 0.5) is 5.82 Å². The van der Waals surface area contributed by atoms with Gasteiger partial charge in [0.15, 0.2) is 0 Å². The quantitative estimate of drug-likeness (QED) is 0.930. The molecule has 0 bridgehead atoms. The first-order valence-electron chi connectivity index (χ1n) is 6.15. The number of hydrogen-bond donors (Lipinski definition) is 1. The maximum Gasteiger partial charge on any atom is 0.258 e. The van der Waals surface area contributed by atoms with Gasteiger partial charge >= 0.3 is 0 Å². The number of amides is 1. The zero-order valence-corrected chi connectivity index (χ0v) is 11.7. The molecule has 1 aromatic heterocycles. The van der Waals surface area contributed by atoms with Crippen LogP contribution in [0, 0.1) is 5.92 Å². The summed E-state index contributed by atoms with van der Waals surface area (Å²) in [5.74, 6) is 0.908. The Kier molecular flexibility index (Phi) is 4.22. The Bertz CT molecular complexity index is 578. The van der Waals surface area contributed by atoms with Crippen molar-refractivity contribution in [2.75, 3.05) is 5.32 Å². The van der Waals surface area contributed by atoms with Crippen molar-refractivity contribution in [3.63, 3.8) is 0 Å². The van der Waals surface area contributed by atoms with E-state index in [1.165, 1.54) is 0 Å². The summed E-state index contributed by atoms with van der Waals surface area (Å²) in [6.45, 7) is 4.95. The summed E-state index contributed by atoms with van der Waals surface area (Å²) >= 11 is 6.00. The standard InChI is InChI=1S/C14H16ClN3O/c1-10(2)9-18-13(7-8-16-18)17-14(19)11-5-3-4-6-12(11)15/h3-8,10H,9H2,1-2H3,(H,17,19). The fraction of sp³-hybridized carbons (Fsp3) is 0.286. The molecule has 0 aliphatic rings. The number of nitrogens with zero attached hydrogens (tertiary/aromatic N) is 2. The molecule has 19 heavy (non-hydrogen) atoms. The van der Waals surface area contributed by atoms with Crippen molar-refractivity contribution < 1.29 is 4.79 Å². The Morgan fingerprint density at radius 2 is 2.11 bits per heavy atom. The van der Waals surface area contributed by atoms with Gasteiger partial charge in [0.25, 0.3) is 5.91 Å². The minimum Gasteiger partial charge on any atom is -0.307 e. The molecule has 0 fully saturated rings. The molecule has 0 spiro atoms. The van der Waals surface area contributed by atoms with Crippen LogP contribution in [0.2, 0.25) is 5.02 Å². The molecule has 0 saturated carbocycles. The molecule has 0 unspecified atom stereocenters. The molecule has 100 valence electrons. The molecule has 4 nitrogen and oxygen atoms in total. The predicted molar refractivity (Wildman–Crippen MR) is 76.5 cm³/mol. The first-order chi connectivity index (χ1) is 9.08. The van der Waals surface area contributed by atoms with E-state index in [0.29, 0.717) is 22.3 Å². The van der Waals surface area contributed by atoms with Crippen LogP contribution in [0.5, 0.6) is 0 Å². The number of hydrogen-bond acceptors (Lipinski definition) is 2. The molecule has 0 aliphatic heterocycles. The summed E-state index contributed by atoms with van der Waals surface area (Å²) in [5.41, 5.74) is 0.460. The number of anilines is 1. The number of carbonyl (C=O) groups excluding carboxylic acids is 1. The molecular formula is C14H16ClN3O. The van der Waals surface area contributed by atoms with E-state index in [2.05, 4.69) is 24.3 Å². The minimum absolute atomic E-state index is 0.226. The SMILES string of the molecule is CC(C)Cn1nccc1NC(=O)c1ccccc1Cl. The van der Waals surface area contributed by atoms with Crippen LogP contribution in [-0.2, 0) is 6.54 Å². The fourth-order valence-corrected chi connectivity index (χ4v) is 1.98. The molecule has 1 heterocycles. The van der Waals surface area contributed by atoms with Crippen molar-refractivity contribution in [1.82, 2.24) is 9.78 Å². The molecular weight excluding hydrogens is 262 g/mol. The molecule has 2 rings (SSSR count). The summed E-state index contributed by atoms with van der Waals surface area (Å²) in [6.07, 6.45) is 1.67. The van der Waals surface area contributed by atoms with E-state index in [-0.39, 0.29) is 5.91 Å². The molecule has 1 N–H and O–H groups in total. The molecule has 1 aromatic carbocycles. The Morgan fingerprint density at radius 1 is 1.37 bits per heavy atom. The van der Waals surface area contributed by atoms with Gasteiger partial charge in [0.2, 0.25) is 0 Å². The Labute approximate surface area is 117 Å². The first-order valence-corrected chi connectivity index (χ1v) is 6.53. The lowest BCUT2D eigenvalue weighted by molar-refractivity contribution is 0.102. The second-order valence-electron chi connectivity index (χ2n) is 4.73. The van der Waals surface area contributed by atoms with E-state index in [4.69, 9.17) is 11.6 Å². The maximum atomic E-state index is 12.1. The normalized spacial score (nSPS) is 10.7. The van der Waals surface area contributed by atoms with E-state index in [1.807, 2.05) is 0 Å². The number of benzene rings is 1. The van der Waals surface area contributed by atoms with Crippen LogP contribution < -0.4 is 5.32 Å². The van der Waals surface area contributed by atoms with E-state index in [1.54, 1.807) is 41.2 Å². The van der Waals surface area contributed by atoms with Crippen molar-refractivity contribution in [2.24, 2.45) is 5.92 Å². The number of carbonyl (C=O) groups is 1. The van der Waals surface area contributed by atoms with E-state index < -0.39 is 0 Å².